The van der Waals surface area contributed by atoms with Gasteiger partial charge in [0.1, 0.15) is 0 Å². The lowest BCUT2D eigenvalue weighted by Gasteiger charge is -2.27. The fraction of sp³-hybridized carbons (Fsp3) is 0.478. The highest BCUT2D eigenvalue weighted by Crippen LogP contribution is 2.31. The van der Waals surface area contributed by atoms with E-state index in [0.717, 1.165) is 49.6 Å². The van der Waals surface area contributed by atoms with Gasteiger partial charge in [0.25, 0.3) is 5.56 Å². The van der Waals surface area contributed by atoms with Crippen molar-refractivity contribution in [3.8, 4) is 0 Å². The van der Waals surface area contributed by atoms with Gasteiger partial charge in [-0.2, -0.15) is 0 Å². The van der Waals surface area contributed by atoms with Crippen LogP contribution in [0.15, 0.2) is 58.4 Å². The number of aliphatic hydroxyl groups is 1. The summed E-state index contributed by atoms with van der Waals surface area (Å²) in [6, 6.07) is 13.4. The average Bonchev–Trinajstić information content (AvgIpc) is 3.22. The molecule has 0 spiro atoms. The van der Waals surface area contributed by atoms with Gasteiger partial charge in [-0.15, -0.1) is 24.0 Å². The van der Waals surface area contributed by atoms with E-state index in [-0.39, 0.29) is 41.6 Å². The van der Waals surface area contributed by atoms with Crippen molar-refractivity contribution in [2.24, 2.45) is 10.4 Å². The van der Waals surface area contributed by atoms with E-state index in [0.29, 0.717) is 19.7 Å². The lowest BCUT2D eigenvalue weighted by molar-refractivity contribution is 0.127. The Morgan fingerprint density at radius 3 is 2.61 bits per heavy atom. The maximum absolute atomic E-state index is 11.9. The highest BCUT2D eigenvalue weighted by atomic mass is 127. The molecule has 0 bridgehead atoms. The van der Waals surface area contributed by atoms with Crippen molar-refractivity contribution < 1.29 is 9.84 Å². The summed E-state index contributed by atoms with van der Waals surface area (Å²) in [5.74, 6) is 0.765. The molecule has 1 saturated heterocycles. The molecule has 0 radical (unpaired) electrons. The highest BCUT2D eigenvalue weighted by Gasteiger charge is 2.34. The number of aromatic nitrogens is 1. The minimum atomic E-state index is -0.0257. The molecule has 7 nitrogen and oxygen atoms in total. The van der Waals surface area contributed by atoms with Crippen LogP contribution >= 0.6 is 24.0 Å². The molecule has 1 aromatic carbocycles. The summed E-state index contributed by atoms with van der Waals surface area (Å²) in [4.78, 5) is 16.6. The van der Waals surface area contributed by atoms with Gasteiger partial charge in [0.2, 0.25) is 0 Å². The van der Waals surface area contributed by atoms with Crippen LogP contribution in [0.3, 0.4) is 0 Å². The SMILES string of the molecule is CCNC(=NCc1ccc(Cn2ccccc2=O)cc1)NCC1(CCO)CCOC1.I. The van der Waals surface area contributed by atoms with E-state index in [1.165, 1.54) is 0 Å². The molecule has 31 heavy (non-hydrogen) atoms. The third-order valence-corrected chi connectivity index (χ3v) is 5.50. The number of nitrogens with zero attached hydrogens (tertiary/aromatic N) is 2. The zero-order chi connectivity index (χ0) is 21.2. The van der Waals surface area contributed by atoms with Crippen molar-refractivity contribution in [2.45, 2.75) is 32.9 Å². The molecule has 1 atom stereocenters. The zero-order valence-corrected chi connectivity index (χ0v) is 20.4. The monoisotopic (exact) mass is 540 g/mol. The summed E-state index contributed by atoms with van der Waals surface area (Å²) < 4.78 is 7.25. The second-order valence-electron chi connectivity index (χ2n) is 7.81. The van der Waals surface area contributed by atoms with Crippen molar-refractivity contribution in [1.82, 2.24) is 15.2 Å². The van der Waals surface area contributed by atoms with Gasteiger partial charge in [-0.1, -0.05) is 30.3 Å². The van der Waals surface area contributed by atoms with Crippen molar-refractivity contribution in [3.63, 3.8) is 0 Å². The summed E-state index contributed by atoms with van der Waals surface area (Å²) in [7, 11) is 0. The first-order valence-corrected chi connectivity index (χ1v) is 10.6. The molecule has 170 valence electrons. The summed E-state index contributed by atoms with van der Waals surface area (Å²) in [5, 5.41) is 16.1. The number of halogens is 1. The normalized spacial score (nSPS) is 18.5. The molecule has 3 N–H and O–H groups in total. The fourth-order valence-electron chi connectivity index (χ4n) is 3.63. The van der Waals surface area contributed by atoms with Crippen LogP contribution in [0, 0.1) is 5.41 Å². The van der Waals surface area contributed by atoms with Gasteiger partial charge in [0, 0.05) is 44.0 Å². The maximum atomic E-state index is 11.9. The number of guanidine groups is 1. The van der Waals surface area contributed by atoms with Crippen molar-refractivity contribution in [3.05, 3.63) is 70.1 Å². The summed E-state index contributed by atoms with van der Waals surface area (Å²) in [5.41, 5.74) is 2.15. The van der Waals surface area contributed by atoms with E-state index in [1.54, 1.807) is 22.9 Å². The molecule has 1 unspecified atom stereocenters. The molecule has 0 amide bonds. The Hall–Kier alpha value is -1.91. The second kappa shape index (κ2) is 12.8. The number of hydrogen-bond acceptors (Lipinski definition) is 4. The number of aliphatic hydroxyl groups excluding tert-OH is 1. The minimum absolute atomic E-state index is 0. The highest BCUT2D eigenvalue weighted by molar-refractivity contribution is 14.0. The number of ether oxygens (including phenoxy) is 1. The quantitative estimate of drug-likeness (QED) is 0.258. The first-order valence-electron chi connectivity index (χ1n) is 10.6. The minimum Gasteiger partial charge on any atom is -0.396 e. The number of pyridine rings is 1. The van der Waals surface area contributed by atoms with Crippen molar-refractivity contribution >= 4 is 29.9 Å². The van der Waals surface area contributed by atoms with Gasteiger partial charge in [0.05, 0.1) is 19.7 Å². The molecule has 0 aliphatic carbocycles. The molecule has 2 aromatic rings. The molecule has 1 fully saturated rings. The third kappa shape index (κ3) is 7.62. The molecular weight excluding hydrogens is 507 g/mol. The van der Waals surface area contributed by atoms with Crippen LogP contribution in [0.2, 0.25) is 0 Å². The first-order chi connectivity index (χ1) is 14.6. The largest absolute Gasteiger partial charge is 0.396 e. The summed E-state index contributed by atoms with van der Waals surface area (Å²) >= 11 is 0. The van der Waals surface area contributed by atoms with Gasteiger partial charge in [-0.25, -0.2) is 4.99 Å². The Morgan fingerprint density at radius 1 is 1.19 bits per heavy atom. The molecule has 1 aliphatic heterocycles. The average molecular weight is 540 g/mol. The smallest absolute Gasteiger partial charge is 0.250 e. The van der Waals surface area contributed by atoms with Crippen molar-refractivity contribution in [2.75, 3.05) is 32.9 Å². The van der Waals surface area contributed by atoms with E-state index in [2.05, 4.69) is 22.8 Å². The Balaban J connectivity index is 0.00000341. The van der Waals surface area contributed by atoms with Crippen LogP contribution in [0.1, 0.15) is 30.9 Å². The van der Waals surface area contributed by atoms with Crippen LogP contribution in [0.5, 0.6) is 0 Å². The van der Waals surface area contributed by atoms with Gasteiger partial charge in [0.15, 0.2) is 5.96 Å². The Morgan fingerprint density at radius 2 is 1.97 bits per heavy atom. The standard InChI is InChI=1S/C23H32N4O3.HI/c1-2-24-22(26-17-23(10-13-28)11-14-30-18-23)25-15-19-6-8-20(9-7-19)16-27-12-4-3-5-21(27)29;/h3-9,12,28H,2,10-11,13-18H2,1H3,(H2,24,25,26);1H. The van der Waals surface area contributed by atoms with Crippen LogP contribution < -0.4 is 16.2 Å². The predicted molar refractivity (Wildman–Crippen MR) is 134 cm³/mol. The Labute approximate surface area is 200 Å². The molecule has 1 aliphatic rings. The number of rotatable bonds is 9. The number of benzene rings is 1. The van der Waals surface area contributed by atoms with Crippen molar-refractivity contribution in [1.29, 1.82) is 0 Å². The predicted octanol–water partition coefficient (Wildman–Crippen LogP) is 2.36. The van der Waals surface area contributed by atoms with Gasteiger partial charge in [-0.3, -0.25) is 4.79 Å². The molecule has 3 rings (SSSR count). The maximum Gasteiger partial charge on any atom is 0.250 e. The van der Waals surface area contributed by atoms with Crippen LogP contribution in [0.25, 0.3) is 0 Å². The van der Waals surface area contributed by atoms with Gasteiger partial charge >= 0.3 is 0 Å². The number of hydrogen-bond donors (Lipinski definition) is 3. The van der Waals surface area contributed by atoms with Gasteiger partial charge < -0.3 is 25.0 Å². The Kier molecular flexibility index (Phi) is 10.5. The molecule has 1 aromatic heterocycles. The topological polar surface area (TPSA) is 87.9 Å². The van der Waals surface area contributed by atoms with E-state index >= 15 is 0 Å². The Bertz CT molecular complexity index is 877. The van der Waals surface area contributed by atoms with E-state index < -0.39 is 0 Å². The summed E-state index contributed by atoms with van der Waals surface area (Å²) in [6.45, 7) is 6.25. The number of nitrogens with one attached hydrogen (secondary N) is 2. The van der Waals surface area contributed by atoms with E-state index in [1.807, 2.05) is 25.1 Å². The van der Waals surface area contributed by atoms with E-state index in [4.69, 9.17) is 9.73 Å². The van der Waals surface area contributed by atoms with E-state index in [9.17, 15) is 9.90 Å². The first kappa shape index (κ1) is 25.4. The lowest BCUT2D eigenvalue weighted by atomic mass is 9.84. The second-order valence-corrected chi connectivity index (χ2v) is 7.81. The summed E-state index contributed by atoms with van der Waals surface area (Å²) in [6.07, 6.45) is 3.48. The van der Waals surface area contributed by atoms with Crippen LogP contribution in [-0.2, 0) is 17.8 Å². The zero-order valence-electron chi connectivity index (χ0n) is 18.0. The van der Waals surface area contributed by atoms with Crippen LogP contribution in [0.4, 0.5) is 0 Å². The molecule has 0 saturated carbocycles. The number of aliphatic imine (C=N–C) groups is 1. The molecule has 8 heteroatoms. The molecule has 2 heterocycles. The fourth-order valence-corrected chi connectivity index (χ4v) is 3.63. The van der Waals surface area contributed by atoms with Crippen LogP contribution in [-0.4, -0.2) is 48.5 Å². The van der Waals surface area contributed by atoms with Gasteiger partial charge in [-0.05, 0) is 37.0 Å². The molecular formula is C23H33IN4O3. The lowest BCUT2D eigenvalue weighted by Crippen LogP contribution is -2.44. The third-order valence-electron chi connectivity index (χ3n) is 5.50.